The van der Waals surface area contributed by atoms with Gasteiger partial charge in [-0.15, -0.1) is 0 Å². The maximum absolute atomic E-state index is 11.7. The Morgan fingerprint density at radius 3 is 2.29 bits per heavy atom. The summed E-state index contributed by atoms with van der Waals surface area (Å²) < 4.78 is 15.3. The number of carbonyl (C=O) groups is 2. The van der Waals surface area contributed by atoms with Gasteiger partial charge in [-0.2, -0.15) is 4.98 Å². The van der Waals surface area contributed by atoms with Gasteiger partial charge in [-0.1, -0.05) is 30.3 Å². The molecule has 0 radical (unpaired) electrons. The second-order valence-corrected chi connectivity index (χ2v) is 5.36. The standard InChI is InChI=1S/C18H20N4O6/c1-26-12(14(19)23)11(18(24)25)15-21-16(13(27-2)17(22-15)28-3)20-9-10-7-5-4-6-8-10/h4-8H,9H2,1-3H3,(H2,19,23)(H,24,25)(H,20,21,22)/b12-11+. The molecule has 28 heavy (non-hydrogen) atoms. The van der Waals surface area contributed by atoms with E-state index in [9.17, 15) is 14.7 Å². The molecule has 148 valence electrons. The lowest BCUT2D eigenvalue weighted by atomic mass is 10.2. The van der Waals surface area contributed by atoms with E-state index >= 15 is 0 Å². The average molecular weight is 388 g/mol. The van der Waals surface area contributed by atoms with E-state index in [1.54, 1.807) is 0 Å². The predicted octanol–water partition coefficient (Wildman–Crippen LogP) is 1.03. The number of nitrogens with one attached hydrogen (secondary N) is 1. The molecular weight excluding hydrogens is 368 g/mol. The van der Waals surface area contributed by atoms with Crippen molar-refractivity contribution in [2.45, 2.75) is 6.54 Å². The Morgan fingerprint density at radius 2 is 1.79 bits per heavy atom. The molecule has 0 aliphatic heterocycles. The molecule has 10 nitrogen and oxygen atoms in total. The molecule has 10 heteroatoms. The lowest BCUT2D eigenvalue weighted by Gasteiger charge is -2.15. The van der Waals surface area contributed by atoms with E-state index in [1.807, 2.05) is 30.3 Å². The monoisotopic (exact) mass is 388 g/mol. The number of nitrogens with zero attached hydrogens (tertiary/aromatic N) is 2. The minimum absolute atomic E-state index is 0.0262. The third kappa shape index (κ3) is 4.47. The molecule has 0 saturated carbocycles. The molecule has 0 aliphatic rings. The summed E-state index contributed by atoms with van der Waals surface area (Å²) in [6.07, 6.45) is 0. The zero-order chi connectivity index (χ0) is 20.7. The van der Waals surface area contributed by atoms with Gasteiger partial charge in [0.2, 0.25) is 11.5 Å². The first kappa shape index (κ1) is 20.5. The quantitative estimate of drug-likeness (QED) is 0.423. The molecule has 1 aromatic heterocycles. The fourth-order valence-electron chi connectivity index (χ4n) is 2.39. The number of carboxylic acid groups (broad SMARTS) is 1. The Hall–Kier alpha value is -3.82. The van der Waals surface area contributed by atoms with E-state index in [2.05, 4.69) is 15.3 Å². The van der Waals surface area contributed by atoms with Crippen molar-refractivity contribution in [3.05, 3.63) is 47.5 Å². The first-order valence-electron chi connectivity index (χ1n) is 8.02. The van der Waals surface area contributed by atoms with Crippen LogP contribution in [0.15, 0.2) is 36.1 Å². The number of aromatic nitrogens is 2. The minimum Gasteiger partial charge on any atom is -0.490 e. The molecule has 1 heterocycles. The van der Waals surface area contributed by atoms with Gasteiger partial charge in [-0.3, -0.25) is 4.79 Å². The van der Waals surface area contributed by atoms with Crippen LogP contribution < -0.4 is 20.5 Å². The molecular formula is C18H20N4O6. The fourth-order valence-corrected chi connectivity index (χ4v) is 2.39. The largest absolute Gasteiger partial charge is 0.490 e. The van der Waals surface area contributed by atoms with Gasteiger partial charge in [0.15, 0.2) is 17.2 Å². The van der Waals surface area contributed by atoms with Gasteiger partial charge in [0, 0.05) is 6.54 Å². The van der Waals surface area contributed by atoms with Gasteiger partial charge < -0.3 is 30.4 Å². The summed E-state index contributed by atoms with van der Waals surface area (Å²) in [5, 5.41) is 12.6. The van der Waals surface area contributed by atoms with E-state index < -0.39 is 23.2 Å². The summed E-state index contributed by atoms with van der Waals surface area (Å²) in [5.74, 6) is -3.15. The zero-order valence-electron chi connectivity index (χ0n) is 15.6. The van der Waals surface area contributed by atoms with Crippen molar-refractivity contribution < 1.29 is 28.9 Å². The van der Waals surface area contributed by atoms with E-state index in [0.29, 0.717) is 6.54 Å². The van der Waals surface area contributed by atoms with Gasteiger partial charge in [0.1, 0.15) is 0 Å². The summed E-state index contributed by atoms with van der Waals surface area (Å²) in [6.45, 7) is 0.371. The fraction of sp³-hybridized carbons (Fsp3) is 0.222. The highest BCUT2D eigenvalue weighted by Gasteiger charge is 2.27. The molecule has 0 spiro atoms. The van der Waals surface area contributed by atoms with Crippen molar-refractivity contribution in [1.29, 1.82) is 0 Å². The van der Waals surface area contributed by atoms with Crippen LogP contribution in [-0.2, 0) is 20.9 Å². The summed E-state index contributed by atoms with van der Waals surface area (Å²) in [4.78, 5) is 31.5. The van der Waals surface area contributed by atoms with Crippen molar-refractivity contribution in [3.63, 3.8) is 0 Å². The van der Waals surface area contributed by atoms with Gasteiger partial charge >= 0.3 is 5.97 Å². The molecule has 0 bridgehead atoms. The number of methoxy groups -OCH3 is 3. The van der Waals surface area contributed by atoms with E-state index in [1.165, 1.54) is 14.2 Å². The number of ether oxygens (including phenoxy) is 3. The van der Waals surface area contributed by atoms with Crippen LogP contribution >= 0.6 is 0 Å². The Labute approximate surface area is 161 Å². The van der Waals surface area contributed by atoms with Crippen LogP contribution in [-0.4, -0.2) is 48.3 Å². The normalized spacial score (nSPS) is 11.2. The topological polar surface area (TPSA) is 146 Å². The van der Waals surface area contributed by atoms with E-state index in [-0.39, 0.29) is 23.3 Å². The first-order chi connectivity index (χ1) is 13.4. The van der Waals surface area contributed by atoms with Gasteiger partial charge in [0.25, 0.3) is 11.8 Å². The Balaban J connectivity index is 2.59. The number of nitrogens with two attached hydrogens (primary N) is 1. The summed E-state index contributed by atoms with van der Waals surface area (Å²) in [6, 6.07) is 9.44. The van der Waals surface area contributed by atoms with Crippen LogP contribution in [0.25, 0.3) is 5.57 Å². The van der Waals surface area contributed by atoms with Gasteiger partial charge in [0.05, 0.1) is 21.3 Å². The molecule has 0 unspecified atom stereocenters. The second kappa shape index (κ2) is 9.21. The predicted molar refractivity (Wildman–Crippen MR) is 99.7 cm³/mol. The van der Waals surface area contributed by atoms with Crippen LogP contribution in [0, 0.1) is 0 Å². The number of benzene rings is 1. The number of aliphatic carboxylic acids is 1. The van der Waals surface area contributed by atoms with Crippen molar-refractivity contribution in [3.8, 4) is 11.6 Å². The molecule has 0 saturated heterocycles. The number of amides is 1. The molecule has 0 atom stereocenters. The Morgan fingerprint density at radius 1 is 1.11 bits per heavy atom. The molecule has 0 aliphatic carbocycles. The number of carboxylic acids is 1. The van der Waals surface area contributed by atoms with Crippen molar-refractivity contribution in [2.24, 2.45) is 5.73 Å². The van der Waals surface area contributed by atoms with Crippen LogP contribution in [0.4, 0.5) is 5.82 Å². The maximum Gasteiger partial charge on any atom is 0.343 e. The number of anilines is 1. The molecule has 0 fully saturated rings. The highest BCUT2D eigenvalue weighted by Crippen LogP contribution is 2.34. The van der Waals surface area contributed by atoms with Crippen LogP contribution in [0.3, 0.4) is 0 Å². The van der Waals surface area contributed by atoms with Crippen LogP contribution in [0.5, 0.6) is 11.6 Å². The average Bonchev–Trinajstić information content (AvgIpc) is 2.69. The minimum atomic E-state index is -1.49. The Kier molecular flexibility index (Phi) is 6.74. The molecule has 1 amide bonds. The lowest BCUT2D eigenvalue weighted by molar-refractivity contribution is -0.131. The van der Waals surface area contributed by atoms with Crippen LogP contribution in [0.1, 0.15) is 11.4 Å². The molecule has 1 aromatic carbocycles. The van der Waals surface area contributed by atoms with Gasteiger partial charge in [-0.25, -0.2) is 9.78 Å². The zero-order valence-corrected chi connectivity index (χ0v) is 15.6. The molecule has 2 rings (SSSR count). The highest BCUT2D eigenvalue weighted by molar-refractivity contribution is 6.20. The summed E-state index contributed by atoms with van der Waals surface area (Å²) in [5.41, 5.74) is 5.56. The van der Waals surface area contributed by atoms with Crippen molar-refractivity contribution in [1.82, 2.24) is 9.97 Å². The maximum atomic E-state index is 11.7. The molecule has 4 N–H and O–H groups in total. The lowest BCUT2D eigenvalue weighted by Crippen LogP contribution is -2.21. The van der Waals surface area contributed by atoms with Gasteiger partial charge in [-0.05, 0) is 5.56 Å². The number of hydrogen-bond acceptors (Lipinski definition) is 8. The SMILES string of the molecule is CO/C(C(N)=O)=C(/C(=O)O)c1nc(NCc2ccccc2)c(OC)c(OC)n1. The first-order valence-corrected chi connectivity index (χ1v) is 8.02. The number of carbonyl (C=O) groups excluding carboxylic acids is 1. The molecule has 2 aromatic rings. The van der Waals surface area contributed by atoms with Crippen molar-refractivity contribution in [2.75, 3.05) is 26.6 Å². The van der Waals surface area contributed by atoms with E-state index in [4.69, 9.17) is 19.9 Å². The number of rotatable bonds is 9. The number of primary amides is 1. The van der Waals surface area contributed by atoms with Crippen LogP contribution in [0.2, 0.25) is 0 Å². The third-order valence-corrected chi connectivity index (χ3v) is 3.63. The Bertz CT molecular complexity index is 898. The number of hydrogen-bond donors (Lipinski definition) is 3. The summed E-state index contributed by atoms with van der Waals surface area (Å²) in [7, 11) is 3.86. The van der Waals surface area contributed by atoms with Crippen molar-refractivity contribution >= 4 is 23.3 Å². The highest BCUT2D eigenvalue weighted by atomic mass is 16.5. The smallest absolute Gasteiger partial charge is 0.343 e. The van der Waals surface area contributed by atoms with E-state index in [0.717, 1.165) is 12.7 Å². The summed E-state index contributed by atoms with van der Waals surface area (Å²) >= 11 is 0. The third-order valence-electron chi connectivity index (χ3n) is 3.63. The second-order valence-electron chi connectivity index (χ2n) is 5.36.